The van der Waals surface area contributed by atoms with Crippen LogP contribution in [0.4, 0.5) is 8.78 Å². The van der Waals surface area contributed by atoms with Crippen LogP contribution < -0.4 is 5.32 Å². The molecule has 5 nitrogen and oxygen atoms in total. The number of benzene rings is 1. The van der Waals surface area contributed by atoms with E-state index in [4.69, 9.17) is 9.47 Å². The Labute approximate surface area is 154 Å². The van der Waals surface area contributed by atoms with Crippen molar-refractivity contribution in [2.75, 3.05) is 53.1 Å². The molecule has 1 fully saturated rings. The molecule has 0 radical (unpaired) electrons. The first-order valence-corrected chi connectivity index (χ1v) is 9.18. The third-order valence-electron chi connectivity index (χ3n) is 4.39. The van der Waals surface area contributed by atoms with Crippen LogP contribution >= 0.6 is 0 Å². The predicted molar refractivity (Wildman–Crippen MR) is 98.4 cm³/mol. The fraction of sp³-hybridized carbons (Fsp3) is 0.632. The summed E-state index contributed by atoms with van der Waals surface area (Å²) in [7, 11) is 1.66. The van der Waals surface area contributed by atoms with Gasteiger partial charge in [0.05, 0.1) is 19.8 Å². The molecule has 0 bridgehead atoms. The Morgan fingerprint density at radius 2 is 2.08 bits per heavy atom. The van der Waals surface area contributed by atoms with E-state index in [1.165, 1.54) is 18.2 Å². The minimum Gasteiger partial charge on any atom is -0.382 e. The van der Waals surface area contributed by atoms with Crippen LogP contribution in [0.1, 0.15) is 18.9 Å². The van der Waals surface area contributed by atoms with Gasteiger partial charge in [0, 0.05) is 44.8 Å². The van der Waals surface area contributed by atoms with E-state index in [2.05, 4.69) is 15.2 Å². The summed E-state index contributed by atoms with van der Waals surface area (Å²) in [5, 5.41) is 3.26. The third kappa shape index (κ3) is 6.21. The number of nitrogens with one attached hydrogen (secondary N) is 1. The van der Waals surface area contributed by atoms with Gasteiger partial charge in [0.15, 0.2) is 5.96 Å². The summed E-state index contributed by atoms with van der Waals surface area (Å²) in [5.74, 6) is 0.225. The van der Waals surface area contributed by atoms with E-state index < -0.39 is 11.6 Å². The van der Waals surface area contributed by atoms with Crippen LogP contribution in [-0.4, -0.2) is 64.0 Å². The highest BCUT2D eigenvalue weighted by Crippen LogP contribution is 2.17. The zero-order chi connectivity index (χ0) is 18.8. The van der Waals surface area contributed by atoms with Gasteiger partial charge in [-0.3, -0.25) is 4.99 Å². The summed E-state index contributed by atoms with van der Waals surface area (Å²) in [5.41, 5.74) is 0.0953. The maximum absolute atomic E-state index is 13.7. The number of aliphatic imine (C=N–C) groups is 1. The van der Waals surface area contributed by atoms with Gasteiger partial charge >= 0.3 is 0 Å². The van der Waals surface area contributed by atoms with Crippen molar-refractivity contribution in [3.8, 4) is 0 Å². The second-order valence-corrected chi connectivity index (χ2v) is 6.35. The lowest BCUT2D eigenvalue weighted by Gasteiger charge is -2.21. The van der Waals surface area contributed by atoms with Crippen molar-refractivity contribution in [3.05, 3.63) is 35.4 Å². The highest BCUT2D eigenvalue weighted by atomic mass is 19.1. The normalized spacial score (nSPS) is 17.8. The van der Waals surface area contributed by atoms with Crippen molar-refractivity contribution in [2.24, 2.45) is 10.9 Å². The van der Waals surface area contributed by atoms with Crippen molar-refractivity contribution in [1.82, 2.24) is 10.2 Å². The van der Waals surface area contributed by atoms with E-state index in [0.717, 1.165) is 32.0 Å². The molecule has 1 aromatic carbocycles. The van der Waals surface area contributed by atoms with Gasteiger partial charge in [-0.25, -0.2) is 8.78 Å². The lowest BCUT2D eigenvalue weighted by molar-refractivity contribution is 0.0536. The van der Waals surface area contributed by atoms with E-state index >= 15 is 0 Å². The van der Waals surface area contributed by atoms with Gasteiger partial charge in [0.2, 0.25) is 0 Å². The third-order valence-corrected chi connectivity index (χ3v) is 4.39. The van der Waals surface area contributed by atoms with Crippen molar-refractivity contribution in [2.45, 2.75) is 19.8 Å². The molecule has 2 rings (SSSR count). The van der Waals surface area contributed by atoms with E-state index in [0.29, 0.717) is 32.3 Å². The van der Waals surface area contributed by atoms with Crippen LogP contribution in [0.25, 0.3) is 0 Å². The molecule has 26 heavy (non-hydrogen) atoms. The number of hydrogen-bond acceptors (Lipinski definition) is 3. The van der Waals surface area contributed by atoms with E-state index in [1.54, 1.807) is 7.11 Å². The highest BCUT2D eigenvalue weighted by molar-refractivity contribution is 5.80. The minimum atomic E-state index is -0.514. The average Bonchev–Trinajstić information content (AvgIpc) is 3.09. The van der Waals surface area contributed by atoms with Gasteiger partial charge < -0.3 is 19.7 Å². The Morgan fingerprint density at radius 1 is 1.31 bits per heavy atom. The van der Waals surface area contributed by atoms with Crippen LogP contribution in [0.2, 0.25) is 0 Å². The van der Waals surface area contributed by atoms with Crippen molar-refractivity contribution in [3.63, 3.8) is 0 Å². The predicted octanol–water partition coefficient (Wildman–Crippen LogP) is 2.46. The van der Waals surface area contributed by atoms with E-state index in [1.807, 2.05) is 6.92 Å². The molecule has 146 valence electrons. The number of likely N-dealkylation sites (tertiary alicyclic amines) is 1. The summed E-state index contributed by atoms with van der Waals surface area (Å²) in [6, 6.07) is 3.94. The molecule has 1 unspecified atom stereocenters. The van der Waals surface area contributed by atoms with Crippen LogP contribution in [0, 0.1) is 17.6 Å². The zero-order valence-electron chi connectivity index (χ0n) is 15.6. The molecule has 0 amide bonds. The molecule has 1 aromatic rings. The number of halogens is 2. The first-order valence-electron chi connectivity index (χ1n) is 9.18. The molecular weight excluding hydrogens is 340 g/mol. The quantitative estimate of drug-likeness (QED) is 0.413. The fourth-order valence-corrected chi connectivity index (χ4v) is 3.02. The van der Waals surface area contributed by atoms with Gasteiger partial charge in [-0.15, -0.1) is 0 Å². The van der Waals surface area contributed by atoms with Crippen LogP contribution in [-0.2, 0) is 15.9 Å². The lowest BCUT2D eigenvalue weighted by Crippen LogP contribution is -2.40. The molecule has 1 aliphatic heterocycles. The van der Waals surface area contributed by atoms with E-state index in [-0.39, 0.29) is 12.0 Å². The summed E-state index contributed by atoms with van der Waals surface area (Å²) < 4.78 is 38.0. The summed E-state index contributed by atoms with van der Waals surface area (Å²) >= 11 is 0. The second-order valence-electron chi connectivity index (χ2n) is 6.35. The highest BCUT2D eigenvalue weighted by Gasteiger charge is 2.25. The zero-order valence-corrected chi connectivity index (χ0v) is 15.6. The smallest absolute Gasteiger partial charge is 0.193 e. The minimum absolute atomic E-state index is 0.0953. The number of nitrogens with zero attached hydrogens (tertiary/aromatic N) is 2. The van der Waals surface area contributed by atoms with Crippen LogP contribution in [0.3, 0.4) is 0 Å². The fourth-order valence-electron chi connectivity index (χ4n) is 3.02. The number of hydrogen-bond donors (Lipinski definition) is 1. The molecule has 1 aliphatic rings. The molecular formula is C19H29F2N3O2. The molecule has 0 spiro atoms. The number of methoxy groups -OCH3 is 1. The number of guanidine groups is 1. The number of rotatable bonds is 9. The van der Waals surface area contributed by atoms with Crippen molar-refractivity contribution >= 4 is 5.96 Å². The molecule has 0 aliphatic carbocycles. The van der Waals surface area contributed by atoms with E-state index in [9.17, 15) is 8.78 Å². The van der Waals surface area contributed by atoms with Crippen LogP contribution in [0.15, 0.2) is 23.2 Å². The van der Waals surface area contributed by atoms with Gasteiger partial charge in [-0.1, -0.05) is 6.07 Å². The van der Waals surface area contributed by atoms with Gasteiger partial charge in [0.25, 0.3) is 0 Å². The summed E-state index contributed by atoms with van der Waals surface area (Å²) in [6.45, 7) is 6.78. The first-order chi connectivity index (χ1) is 12.7. The monoisotopic (exact) mass is 369 g/mol. The maximum Gasteiger partial charge on any atom is 0.193 e. The summed E-state index contributed by atoms with van der Waals surface area (Å²) in [6.07, 6.45) is 1.28. The van der Waals surface area contributed by atoms with Gasteiger partial charge in [-0.05, 0) is 31.9 Å². The average molecular weight is 369 g/mol. The molecule has 7 heteroatoms. The molecule has 1 saturated heterocycles. The molecule has 0 saturated carbocycles. The summed E-state index contributed by atoms with van der Waals surface area (Å²) in [4.78, 5) is 6.74. The molecule has 1 atom stereocenters. The standard InChI is InChI=1S/C19H29F2N3O2/c1-3-22-19(23-9-7-16-17(20)5-4-6-18(16)21)24-10-8-15(13-24)14-26-12-11-25-2/h4-6,15H,3,7-14H2,1-2H3,(H,22,23). The Morgan fingerprint density at radius 3 is 2.77 bits per heavy atom. The Bertz CT molecular complexity index is 564. The Hall–Kier alpha value is -1.73. The first kappa shape index (κ1) is 20.6. The Kier molecular flexibility index (Phi) is 8.77. The lowest BCUT2D eigenvalue weighted by atomic mass is 10.1. The number of ether oxygens (including phenoxy) is 2. The SMILES string of the molecule is CCNC(=NCCc1c(F)cccc1F)N1CCC(COCCOC)C1. The molecule has 1 N–H and O–H groups in total. The topological polar surface area (TPSA) is 46.1 Å². The van der Waals surface area contributed by atoms with Gasteiger partial charge in [-0.2, -0.15) is 0 Å². The molecule has 0 aromatic heterocycles. The maximum atomic E-state index is 13.7. The van der Waals surface area contributed by atoms with Gasteiger partial charge in [0.1, 0.15) is 11.6 Å². The van der Waals surface area contributed by atoms with Crippen molar-refractivity contribution in [1.29, 1.82) is 0 Å². The van der Waals surface area contributed by atoms with Crippen molar-refractivity contribution < 1.29 is 18.3 Å². The Balaban J connectivity index is 1.86. The largest absolute Gasteiger partial charge is 0.382 e. The molecule has 1 heterocycles. The van der Waals surface area contributed by atoms with Crippen LogP contribution in [0.5, 0.6) is 0 Å². The second kappa shape index (κ2) is 11.1.